The number of aryl methyl sites for hydroxylation is 1. The number of nitrogens with one attached hydrogen (secondary N) is 1. The van der Waals surface area contributed by atoms with Gasteiger partial charge in [-0.15, -0.1) is 0 Å². The van der Waals surface area contributed by atoms with Crippen LogP contribution in [0.15, 0.2) is 30.5 Å². The summed E-state index contributed by atoms with van der Waals surface area (Å²) in [5.74, 6) is -0.00465. The summed E-state index contributed by atoms with van der Waals surface area (Å²) >= 11 is 0. The third-order valence-electron chi connectivity index (χ3n) is 5.22. The van der Waals surface area contributed by atoms with E-state index in [1.165, 1.54) is 12.8 Å². The number of para-hydroxylation sites is 1. The summed E-state index contributed by atoms with van der Waals surface area (Å²) in [6.07, 6.45) is 5.38. The molecule has 1 amide bonds. The normalized spacial score (nSPS) is 21.2. The lowest BCUT2D eigenvalue weighted by atomic mass is 10.2. The zero-order valence-electron chi connectivity index (χ0n) is 14.3. The van der Waals surface area contributed by atoms with Gasteiger partial charge in [-0.1, -0.05) is 18.2 Å². The van der Waals surface area contributed by atoms with Crippen molar-refractivity contribution >= 4 is 5.91 Å². The lowest BCUT2D eigenvalue weighted by Crippen LogP contribution is -2.37. The van der Waals surface area contributed by atoms with E-state index < -0.39 is 0 Å². The summed E-state index contributed by atoms with van der Waals surface area (Å²) in [7, 11) is 0. The average molecular weight is 324 g/mol. The average Bonchev–Trinajstić information content (AvgIpc) is 3.20. The molecule has 24 heavy (non-hydrogen) atoms. The second-order valence-electron chi connectivity index (χ2n) is 7.03. The van der Waals surface area contributed by atoms with Crippen LogP contribution in [0, 0.1) is 13.8 Å². The Kier molecular flexibility index (Phi) is 3.88. The van der Waals surface area contributed by atoms with Crippen LogP contribution in [0.25, 0.3) is 5.69 Å². The van der Waals surface area contributed by atoms with Crippen LogP contribution in [0.4, 0.5) is 0 Å². The van der Waals surface area contributed by atoms with E-state index in [1.54, 1.807) is 6.20 Å². The number of rotatable bonds is 4. The molecular formula is C19H24N4O. The van der Waals surface area contributed by atoms with E-state index in [1.807, 2.05) is 29.8 Å². The van der Waals surface area contributed by atoms with Crippen LogP contribution in [-0.2, 0) is 0 Å². The highest BCUT2D eigenvalue weighted by molar-refractivity contribution is 5.95. The summed E-state index contributed by atoms with van der Waals surface area (Å²) in [4.78, 5) is 15.2. The van der Waals surface area contributed by atoms with Crippen LogP contribution in [0.1, 0.15) is 40.9 Å². The molecule has 1 aliphatic heterocycles. The van der Waals surface area contributed by atoms with Gasteiger partial charge in [-0.3, -0.25) is 9.69 Å². The Morgan fingerprint density at radius 1 is 1.21 bits per heavy atom. The van der Waals surface area contributed by atoms with E-state index in [0.717, 1.165) is 42.5 Å². The van der Waals surface area contributed by atoms with Gasteiger partial charge >= 0.3 is 0 Å². The summed E-state index contributed by atoms with van der Waals surface area (Å²) < 4.78 is 1.86. The number of carbonyl (C=O) groups is 1. The fourth-order valence-corrected chi connectivity index (χ4v) is 3.62. The van der Waals surface area contributed by atoms with E-state index in [0.29, 0.717) is 5.56 Å². The predicted molar refractivity (Wildman–Crippen MR) is 93.5 cm³/mol. The fourth-order valence-electron chi connectivity index (χ4n) is 3.62. The number of carbonyl (C=O) groups excluding carboxylic acids is 1. The van der Waals surface area contributed by atoms with Gasteiger partial charge in [-0.25, -0.2) is 4.68 Å². The Morgan fingerprint density at radius 2 is 2.00 bits per heavy atom. The minimum Gasteiger partial charge on any atom is -0.348 e. The Morgan fingerprint density at radius 3 is 2.75 bits per heavy atom. The van der Waals surface area contributed by atoms with E-state index >= 15 is 0 Å². The summed E-state index contributed by atoms with van der Waals surface area (Å²) in [5.41, 5.74) is 3.73. The Bertz CT molecular complexity index is 762. The van der Waals surface area contributed by atoms with Gasteiger partial charge in [0, 0.05) is 25.2 Å². The third kappa shape index (κ3) is 2.84. The van der Waals surface area contributed by atoms with Crippen molar-refractivity contribution in [1.29, 1.82) is 0 Å². The molecule has 2 aliphatic rings. The first-order valence-corrected chi connectivity index (χ1v) is 8.79. The molecule has 1 aliphatic carbocycles. The first kappa shape index (κ1) is 15.4. The molecule has 0 unspecified atom stereocenters. The second kappa shape index (κ2) is 6.06. The summed E-state index contributed by atoms with van der Waals surface area (Å²) in [6.45, 7) is 6.11. The summed E-state index contributed by atoms with van der Waals surface area (Å²) in [5, 5.41) is 7.64. The van der Waals surface area contributed by atoms with Crippen LogP contribution in [0.5, 0.6) is 0 Å². The molecule has 0 spiro atoms. The maximum Gasteiger partial charge on any atom is 0.255 e. The van der Waals surface area contributed by atoms with Crippen molar-refractivity contribution < 1.29 is 4.79 Å². The van der Waals surface area contributed by atoms with Gasteiger partial charge in [0.05, 0.1) is 23.1 Å². The quantitative estimate of drug-likeness (QED) is 0.940. The predicted octanol–water partition coefficient (Wildman–Crippen LogP) is 2.46. The van der Waals surface area contributed by atoms with E-state index in [-0.39, 0.29) is 11.9 Å². The van der Waals surface area contributed by atoms with Gasteiger partial charge in [-0.05, 0) is 44.7 Å². The maximum atomic E-state index is 12.7. The molecule has 1 saturated carbocycles. The fraction of sp³-hybridized carbons (Fsp3) is 0.474. The molecule has 2 aromatic rings. The van der Waals surface area contributed by atoms with Crippen LogP contribution in [-0.4, -0.2) is 45.8 Å². The Balaban J connectivity index is 1.48. The number of likely N-dealkylation sites (tertiary alicyclic amines) is 1. The van der Waals surface area contributed by atoms with Gasteiger partial charge in [0.1, 0.15) is 0 Å². The number of hydrogen-bond acceptors (Lipinski definition) is 3. The largest absolute Gasteiger partial charge is 0.348 e. The monoisotopic (exact) mass is 324 g/mol. The number of amides is 1. The van der Waals surface area contributed by atoms with Crippen LogP contribution < -0.4 is 5.32 Å². The van der Waals surface area contributed by atoms with Crippen molar-refractivity contribution in [2.24, 2.45) is 0 Å². The first-order valence-electron chi connectivity index (χ1n) is 8.79. The molecule has 5 heteroatoms. The first-order chi connectivity index (χ1) is 11.6. The smallest absolute Gasteiger partial charge is 0.255 e. The van der Waals surface area contributed by atoms with Gasteiger partial charge in [-0.2, -0.15) is 5.10 Å². The molecular weight excluding hydrogens is 300 g/mol. The Labute approximate surface area is 142 Å². The second-order valence-corrected chi connectivity index (χ2v) is 7.03. The minimum absolute atomic E-state index is 0.00465. The lowest BCUT2D eigenvalue weighted by molar-refractivity contribution is 0.0937. The molecule has 1 N–H and O–H groups in total. The molecule has 126 valence electrons. The van der Waals surface area contributed by atoms with Crippen molar-refractivity contribution in [2.45, 2.75) is 45.2 Å². The van der Waals surface area contributed by atoms with Crippen LogP contribution >= 0.6 is 0 Å². The van der Waals surface area contributed by atoms with Gasteiger partial charge in [0.15, 0.2) is 0 Å². The molecule has 1 atom stereocenters. The van der Waals surface area contributed by atoms with Crippen LogP contribution in [0.2, 0.25) is 0 Å². The van der Waals surface area contributed by atoms with E-state index in [9.17, 15) is 4.79 Å². The maximum absolute atomic E-state index is 12.7. The highest BCUT2D eigenvalue weighted by atomic mass is 16.1. The van der Waals surface area contributed by atoms with Crippen molar-refractivity contribution in [3.63, 3.8) is 0 Å². The lowest BCUT2D eigenvalue weighted by Gasteiger charge is -2.15. The molecule has 5 nitrogen and oxygen atoms in total. The zero-order chi connectivity index (χ0) is 16.7. The molecule has 4 rings (SSSR count). The highest BCUT2D eigenvalue weighted by Gasteiger charge is 2.35. The van der Waals surface area contributed by atoms with Gasteiger partial charge in [0.2, 0.25) is 0 Å². The Hall–Kier alpha value is -2.14. The zero-order valence-corrected chi connectivity index (χ0v) is 14.3. The number of benzene rings is 1. The molecule has 0 bridgehead atoms. The standard InChI is InChI=1S/C19H24N4O/c1-13-5-3-4-6-18(13)23-14(2)17(11-20-23)19(24)21-15-9-10-22(12-15)16-7-8-16/h3-6,11,15-16H,7-10,12H2,1-2H3,(H,21,24)/t15-/m1/s1. The molecule has 1 aromatic heterocycles. The summed E-state index contributed by atoms with van der Waals surface area (Å²) in [6, 6.07) is 9.13. The molecule has 0 radical (unpaired) electrons. The third-order valence-corrected chi connectivity index (χ3v) is 5.22. The van der Waals surface area contributed by atoms with Crippen molar-refractivity contribution in [3.8, 4) is 5.69 Å². The highest BCUT2D eigenvalue weighted by Crippen LogP contribution is 2.29. The molecule has 2 heterocycles. The van der Waals surface area contributed by atoms with Crippen molar-refractivity contribution in [1.82, 2.24) is 20.0 Å². The van der Waals surface area contributed by atoms with Gasteiger partial charge < -0.3 is 5.32 Å². The van der Waals surface area contributed by atoms with Crippen molar-refractivity contribution in [2.75, 3.05) is 13.1 Å². The van der Waals surface area contributed by atoms with E-state index in [4.69, 9.17) is 0 Å². The van der Waals surface area contributed by atoms with Gasteiger partial charge in [0.25, 0.3) is 5.91 Å². The number of aromatic nitrogens is 2. The molecule has 1 saturated heterocycles. The molecule has 1 aromatic carbocycles. The number of nitrogens with zero attached hydrogens (tertiary/aromatic N) is 3. The van der Waals surface area contributed by atoms with Crippen molar-refractivity contribution in [3.05, 3.63) is 47.3 Å². The number of hydrogen-bond donors (Lipinski definition) is 1. The SMILES string of the molecule is Cc1ccccc1-n1ncc(C(=O)N[C@@H]2CCN(C3CC3)C2)c1C. The topological polar surface area (TPSA) is 50.2 Å². The van der Waals surface area contributed by atoms with E-state index in [2.05, 4.69) is 28.3 Å². The molecule has 2 fully saturated rings. The van der Waals surface area contributed by atoms with Crippen LogP contribution in [0.3, 0.4) is 0 Å². The minimum atomic E-state index is -0.00465.